The first kappa shape index (κ1) is 23.3. The Kier molecular flexibility index (Phi) is 8.71. The highest BCUT2D eigenvalue weighted by Crippen LogP contribution is 2.33. The first-order chi connectivity index (χ1) is 14.3. The van der Waals surface area contributed by atoms with Gasteiger partial charge in [0.2, 0.25) is 0 Å². The highest BCUT2D eigenvalue weighted by Gasteiger charge is 2.20. The van der Waals surface area contributed by atoms with E-state index < -0.39 is 0 Å². The molecular formula is C24H31NO5. The molecule has 2 rings (SSSR count). The van der Waals surface area contributed by atoms with Crippen molar-refractivity contribution >= 4 is 11.7 Å². The number of hydrogen-bond acceptors (Lipinski definition) is 5. The number of nitrogens with one attached hydrogen (secondary N) is 1. The van der Waals surface area contributed by atoms with Crippen LogP contribution in [0.15, 0.2) is 42.5 Å². The number of rotatable bonds is 11. The summed E-state index contributed by atoms with van der Waals surface area (Å²) < 4.78 is 16.9. The van der Waals surface area contributed by atoms with Gasteiger partial charge < -0.3 is 19.5 Å². The molecule has 0 bridgehead atoms. The Labute approximate surface area is 178 Å². The molecule has 30 heavy (non-hydrogen) atoms. The number of carbonyl (C=O) groups is 2. The summed E-state index contributed by atoms with van der Waals surface area (Å²) >= 11 is 0. The van der Waals surface area contributed by atoms with E-state index in [0.29, 0.717) is 36.0 Å². The van der Waals surface area contributed by atoms with Crippen LogP contribution < -0.4 is 19.5 Å². The van der Waals surface area contributed by atoms with Crippen LogP contribution in [0.5, 0.6) is 17.2 Å². The highest BCUT2D eigenvalue weighted by atomic mass is 16.5. The molecule has 0 saturated carbocycles. The van der Waals surface area contributed by atoms with Gasteiger partial charge >= 0.3 is 0 Å². The normalized spacial score (nSPS) is 11.7. The van der Waals surface area contributed by atoms with Crippen LogP contribution >= 0.6 is 0 Å². The molecule has 6 heteroatoms. The van der Waals surface area contributed by atoms with Gasteiger partial charge in [0.15, 0.2) is 23.9 Å². The zero-order valence-electron chi connectivity index (χ0n) is 18.4. The van der Waals surface area contributed by atoms with Crippen molar-refractivity contribution in [2.75, 3.05) is 19.8 Å². The lowest BCUT2D eigenvalue weighted by Crippen LogP contribution is -2.35. The van der Waals surface area contributed by atoms with Crippen molar-refractivity contribution in [3.63, 3.8) is 0 Å². The van der Waals surface area contributed by atoms with Crippen molar-refractivity contribution in [3.05, 3.63) is 53.6 Å². The molecule has 2 aromatic carbocycles. The smallest absolute Gasteiger partial charge is 0.258 e. The fourth-order valence-corrected chi connectivity index (χ4v) is 3.05. The van der Waals surface area contributed by atoms with Crippen LogP contribution in [0, 0.1) is 5.92 Å². The second-order valence-corrected chi connectivity index (χ2v) is 7.23. The summed E-state index contributed by atoms with van der Waals surface area (Å²) in [5, 5.41) is 3.04. The van der Waals surface area contributed by atoms with Gasteiger partial charge in [-0.05, 0) is 68.7 Å². The van der Waals surface area contributed by atoms with Crippen LogP contribution in [-0.4, -0.2) is 31.5 Å². The largest absolute Gasteiger partial charge is 0.490 e. The lowest BCUT2D eigenvalue weighted by Gasteiger charge is -2.24. The number of benzene rings is 2. The van der Waals surface area contributed by atoms with Crippen molar-refractivity contribution in [1.29, 1.82) is 0 Å². The fraction of sp³-hybridized carbons (Fsp3) is 0.417. The average molecular weight is 414 g/mol. The van der Waals surface area contributed by atoms with E-state index in [1.165, 1.54) is 6.92 Å². The van der Waals surface area contributed by atoms with E-state index in [-0.39, 0.29) is 30.3 Å². The minimum absolute atomic E-state index is 0.0131. The van der Waals surface area contributed by atoms with Crippen LogP contribution in [0.3, 0.4) is 0 Å². The van der Waals surface area contributed by atoms with E-state index >= 15 is 0 Å². The van der Waals surface area contributed by atoms with E-state index in [9.17, 15) is 9.59 Å². The Hall–Kier alpha value is -3.02. The van der Waals surface area contributed by atoms with Gasteiger partial charge in [0.05, 0.1) is 19.3 Å². The van der Waals surface area contributed by atoms with E-state index in [1.807, 2.05) is 45.9 Å². The molecule has 0 saturated heterocycles. The van der Waals surface area contributed by atoms with Gasteiger partial charge in [-0.25, -0.2) is 0 Å². The first-order valence-electron chi connectivity index (χ1n) is 10.3. The number of amides is 1. The maximum Gasteiger partial charge on any atom is 0.258 e. The zero-order valence-corrected chi connectivity index (χ0v) is 18.4. The maximum absolute atomic E-state index is 12.5. The Morgan fingerprint density at radius 1 is 0.900 bits per heavy atom. The summed E-state index contributed by atoms with van der Waals surface area (Å²) in [5.41, 5.74) is 1.54. The molecule has 0 aliphatic carbocycles. The lowest BCUT2D eigenvalue weighted by molar-refractivity contribution is -0.124. The maximum atomic E-state index is 12.5. The molecule has 1 atom stereocenters. The Bertz CT molecular complexity index is 845. The van der Waals surface area contributed by atoms with Crippen molar-refractivity contribution in [2.45, 2.75) is 40.7 Å². The van der Waals surface area contributed by atoms with Gasteiger partial charge in [-0.3, -0.25) is 9.59 Å². The predicted molar refractivity (Wildman–Crippen MR) is 116 cm³/mol. The van der Waals surface area contributed by atoms with Crippen LogP contribution in [0.1, 0.15) is 56.6 Å². The van der Waals surface area contributed by atoms with Gasteiger partial charge in [-0.2, -0.15) is 0 Å². The zero-order chi connectivity index (χ0) is 22.1. The molecule has 0 fully saturated rings. The second-order valence-electron chi connectivity index (χ2n) is 7.23. The van der Waals surface area contributed by atoms with Crippen LogP contribution in [0.2, 0.25) is 0 Å². The molecule has 6 nitrogen and oxygen atoms in total. The van der Waals surface area contributed by atoms with E-state index in [4.69, 9.17) is 14.2 Å². The van der Waals surface area contributed by atoms with E-state index in [0.717, 1.165) is 5.56 Å². The summed E-state index contributed by atoms with van der Waals surface area (Å²) in [7, 11) is 0. The number of carbonyl (C=O) groups excluding carboxylic acids is 2. The molecule has 1 amide bonds. The van der Waals surface area contributed by atoms with Crippen molar-refractivity contribution in [1.82, 2.24) is 5.32 Å². The van der Waals surface area contributed by atoms with Gasteiger partial charge in [0, 0.05) is 5.56 Å². The molecule has 0 radical (unpaired) electrons. The lowest BCUT2D eigenvalue weighted by atomic mass is 9.95. The monoisotopic (exact) mass is 413 g/mol. The molecular weight excluding hydrogens is 382 g/mol. The first-order valence-corrected chi connectivity index (χ1v) is 10.3. The molecule has 0 aromatic heterocycles. The SMILES string of the molecule is CCOc1ccc(C(NC(=O)COc2ccc(C(C)=O)cc2)C(C)C)cc1OCC. The van der Waals surface area contributed by atoms with Crippen molar-refractivity contribution in [2.24, 2.45) is 5.92 Å². The van der Waals surface area contributed by atoms with Gasteiger partial charge in [0.1, 0.15) is 5.75 Å². The average Bonchev–Trinajstić information content (AvgIpc) is 2.72. The third kappa shape index (κ3) is 6.51. The summed E-state index contributed by atoms with van der Waals surface area (Å²) in [6.07, 6.45) is 0. The second kappa shape index (κ2) is 11.2. The molecule has 1 unspecified atom stereocenters. The molecule has 0 aliphatic rings. The number of Topliss-reactive ketones (excluding diaryl/α,β-unsaturated/α-hetero) is 1. The van der Waals surface area contributed by atoms with Crippen LogP contribution in [0.4, 0.5) is 0 Å². The van der Waals surface area contributed by atoms with Gasteiger partial charge in [0.25, 0.3) is 5.91 Å². The number of hydrogen-bond donors (Lipinski definition) is 1. The Morgan fingerprint density at radius 3 is 2.10 bits per heavy atom. The highest BCUT2D eigenvalue weighted by molar-refractivity contribution is 5.94. The third-order valence-corrected chi connectivity index (χ3v) is 4.54. The molecule has 1 N–H and O–H groups in total. The minimum atomic E-state index is -0.226. The van der Waals surface area contributed by atoms with Crippen molar-refractivity contribution in [3.8, 4) is 17.2 Å². The summed E-state index contributed by atoms with van der Waals surface area (Å²) in [6, 6.07) is 12.3. The molecule has 2 aromatic rings. The molecule has 162 valence electrons. The van der Waals surface area contributed by atoms with Crippen LogP contribution in [0.25, 0.3) is 0 Å². The van der Waals surface area contributed by atoms with Gasteiger partial charge in [-0.1, -0.05) is 19.9 Å². The minimum Gasteiger partial charge on any atom is -0.490 e. The fourth-order valence-electron chi connectivity index (χ4n) is 3.05. The van der Waals surface area contributed by atoms with Crippen LogP contribution in [-0.2, 0) is 4.79 Å². The van der Waals surface area contributed by atoms with E-state index in [2.05, 4.69) is 5.32 Å². The van der Waals surface area contributed by atoms with E-state index in [1.54, 1.807) is 24.3 Å². The Morgan fingerprint density at radius 2 is 1.53 bits per heavy atom. The third-order valence-electron chi connectivity index (χ3n) is 4.54. The quantitative estimate of drug-likeness (QED) is 0.546. The standard InChI is InChI=1S/C24H31NO5/c1-6-28-21-13-10-19(14-22(21)29-7-2)24(16(3)4)25-23(27)15-30-20-11-8-18(9-12-20)17(5)26/h8-14,16,24H,6-7,15H2,1-5H3,(H,25,27). The molecule has 0 spiro atoms. The Balaban J connectivity index is 2.06. The summed E-state index contributed by atoms with van der Waals surface area (Å²) in [6.45, 7) is 10.4. The molecule has 0 heterocycles. The summed E-state index contributed by atoms with van der Waals surface area (Å²) in [4.78, 5) is 23.9. The van der Waals surface area contributed by atoms with Crippen molar-refractivity contribution < 1.29 is 23.8 Å². The topological polar surface area (TPSA) is 73.9 Å². The number of ketones is 1. The predicted octanol–water partition coefficient (Wildman–Crippen LogP) is 4.58. The number of ether oxygens (including phenoxy) is 3. The molecule has 0 aliphatic heterocycles. The van der Waals surface area contributed by atoms with Gasteiger partial charge in [-0.15, -0.1) is 0 Å². The summed E-state index contributed by atoms with van der Waals surface area (Å²) in [5.74, 6) is 1.82.